The number of thioether (sulfide) groups is 1. The molecule has 1 rings (SSSR count). The minimum absolute atomic E-state index is 0.398. The van der Waals surface area contributed by atoms with Crippen LogP contribution < -0.4 is 0 Å². The van der Waals surface area contributed by atoms with Crippen molar-refractivity contribution in [1.82, 2.24) is 9.97 Å². The molecule has 0 aromatic carbocycles. The normalized spacial score (nSPS) is 11.7. The molecule has 1 aromatic heterocycles. The van der Waals surface area contributed by atoms with Gasteiger partial charge in [-0.1, -0.05) is 29.8 Å². The molecule has 1 heterocycles. The van der Waals surface area contributed by atoms with Gasteiger partial charge < -0.3 is 0 Å². The van der Waals surface area contributed by atoms with Crippen LogP contribution in [0.1, 0.15) is 26.7 Å². The first-order valence-corrected chi connectivity index (χ1v) is 7.32. The maximum Gasteiger partial charge on any atom is 0.116 e. The van der Waals surface area contributed by atoms with Crippen molar-refractivity contribution in [3.8, 4) is 0 Å². The van der Waals surface area contributed by atoms with Crippen LogP contribution in [0.3, 0.4) is 0 Å². The monoisotopic (exact) mass is 288 g/mol. The van der Waals surface area contributed by atoms with E-state index in [1.165, 1.54) is 12.8 Å². The van der Waals surface area contributed by atoms with E-state index in [2.05, 4.69) is 39.7 Å². The van der Waals surface area contributed by atoms with Crippen LogP contribution >= 0.6 is 27.7 Å². The fourth-order valence-electron chi connectivity index (χ4n) is 1.27. The summed E-state index contributed by atoms with van der Waals surface area (Å²) in [5.41, 5.74) is 0.398. The third-order valence-corrected chi connectivity index (χ3v) is 5.35. The lowest BCUT2D eigenvalue weighted by Gasteiger charge is -2.28. The second kappa shape index (κ2) is 6.48. The van der Waals surface area contributed by atoms with E-state index in [-0.39, 0.29) is 0 Å². The van der Waals surface area contributed by atoms with Gasteiger partial charge in [0.25, 0.3) is 0 Å². The number of hydrogen-bond acceptors (Lipinski definition) is 3. The highest BCUT2D eigenvalue weighted by molar-refractivity contribution is 9.09. The van der Waals surface area contributed by atoms with Gasteiger partial charge in [-0.3, -0.25) is 0 Å². The number of halogens is 1. The predicted molar refractivity (Wildman–Crippen MR) is 69.6 cm³/mol. The molecular weight excluding hydrogens is 272 g/mol. The van der Waals surface area contributed by atoms with Gasteiger partial charge in [0.05, 0.1) is 5.03 Å². The molecule has 0 amide bonds. The number of alkyl halides is 1. The Labute approximate surface area is 104 Å². The predicted octanol–water partition coefficient (Wildman–Crippen LogP) is 3.77. The molecule has 0 spiro atoms. The molecule has 0 saturated carbocycles. The van der Waals surface area contributed by atoms with Crippen molar-refractivity contribution in [1.29, 1.82) is 0 Å². The van der Waals surface area contributed by atoms with Crippen molar-refractivity contribution >= 4 is 27.7 Å². The largest absolute Gasteiger partial charge is 0.245 e. The molecule has 84 valence electrons. The molecule has 1 aromatic rings. The van der Waals surface area contributed by atoms with E-state index in [0.717, 1.165) is 16.1 Å². The fraction of sp³-hybridized carbons (Fsp3) is 0.636. The Hall–Kier alpha value is -0.0900. The molecule has 0 aliphatic rings. The van der Waals surface area contributed by atoms with Gasteiger partial charge in [-0.05, 0) is 24.3 Å². The summed E-state index contributed by atoms with van der Waals surface area (Å²) in [6, 6.07) is 1.97. The van der Waals surface area contributed by atoms with Gasteiger partial charge in [-0.15, -0.1) is 11.8 Å². The second-order valence-electron chi connectivity index (χ2n) is 3.68. The minimum atomic E-state index is 0.398. The third-order valence-electron chi connectivity index (χ3n) is 2.86. The first-order chi connectivity index (χ1) is 7.26. The molecule has 0 fully saturated rings. The maximum atomic E-state index is 4.22. The molecule has 0 N–H and O–H groups in total. The van der Waals surface area contributed by atoms with E-state index in [0.29, 0.717) is 5.41 Å². The van der Waals surface area contributed by atoms with Gasteiger partial charge >= 0.3 is 0 Å². The zero-order valence-corrected chi connectivity index (χ0v) is 11.6. The van der Waals surface area contributed by atoms with Crippen molar-refractivity contribution in [2.45, 2.75) is 31.7 Å². The Morgan fingerprint density at radius 2 is 2.13 bits per heavy atom. The molecule has 0 atom stereocenters. The standard InChI is InChI=1S/C11H17BrN2S/c1-3-11(4-2,7-12)8-15-10-5-6-13-9-14-10/h5-6,9H,3-4,7-8H2,1-2H3. The van der Waals surface area contributed by atoms with Crippen LogP contribution in [0.5, 0.6) is 0 Å². The van der Waals surface area contributed by atoms with E-state index >= 15 is 0 Å². The molecule has 15 heavy (non-hydrogen) atoms. The van der Waals surface area contributed by atoms with Crippen LogP contribution in [0, 0.1) is 5.41 Å². The van der Waals surface area contributed by atoms with E-state index in [1.54, 1.807) is 12.5 Å². The van der Waals surface area contributed by atoms with Crippen LogP contribution in [-0.4, -0.2) is 21.1 Å². The SMILES string of the molecule is CCC(CC)(CBr)CSc1ccncn1. The van der Waals surface area contributed by atoms with Crippen molar-refractivity contribution in [3.63, 3.8) is 0 Å². The summed E-state index contributed by atoms with van der Waals surface area (Å²) in [4.78, 5) is 8.14. The highest BCUT2D eigenvalue weighted by Gasteiger charge is 2.24. The number of hydrogen-bond donors (Lipinski definition) is 0. The summed E-state index contributed by atoms with van der Waals surface area (Å²) in [6.45, 7) is 4.51. The summed E-state index contributed by atoms with van der Waals surface area (Å²) in [7, 11) is 0. The van der Waals surface area contributed by atoms with Crippen molar-refractivity contribution < 1.29 is 0 Å². The zero-order valence-electron chi connectivity index (χ0n) is 9.24. The lowest BCUT2D eigenvalue weighted by atomic mass is 9.87. The lowest BCUT2D eigenvalue weighted by molar-refractivity contribution is 0.359. The Bertz CT molecular complexity index is 267. The molecule has 0 radical (unpaired) electrons. The van der Waals surface area contributed by atoms with E-state index in [9.17, 15) is 0 Å². The molecule has 4 heteroatoms. The summed E-state index contributed by atoms with van der Waals surface area (Å²) >= 11 is 5.44. The van der Waals surface area contributed by atoms with Gasteiger partial charge in [-0.2, -0.15) is 0 Å². The van der Waals surface area contributed by atoms with Gasteiger partial charge in [0.2, 0.25) is 0 Å². The summed E-state index contributed by atoms with van der Waals surface area (Å²) in [5, 5.41) is 2.13. The molecule has 0 aliphatic carbocycles. The Balaban J connectivity index is 2.54. The van der Waals surface area contributed by atoms with Gasteiger partial charge in [-0.25, -0.2) is 9.97 Å². The number of aromatic nitrogens is 2. The van der Waals surface area contributed by atoms with Crippen LogP contribution in [-0.2, 0) is 0 Å². The Kier molecular flexibility index (Phi) is 5.61. The third kappa shape index (κ3) is 3.76. The maximum absolute atomic E-state index is 4.22. The van der Waals surface area contributed by atoms with Crippen molar-refractivity contribution in [2.24, 2.45) is 5.41 Å². The molecular formula is C11H17BrN2S. The average Bonchev–Trinajstić information content (AvgIpc) is 2.33. The molecule has 0 saturated heterocycles. The number of nitrogens with zero attached hydrogens (tertiary/aromatic N) is 2. The van der Waals surface area contributed by atoms with Crippen LogP contribution in [0.15, 0.2) is 23.6 Å². The molecule has 0 aliphatic heterocycles. The topological polar surface area (TPSA) is 25.8 Å². The van der Waals surface area contributed by atoms with Crippen molar-refractivity contribution in [3.05, 3.63) is 18.6 Å². The minimum Gasteiger partial charge on any atom is -0.245 e. The lowest BCUT2D eigenvalue weighted by Crippen LogP contribution is -2.23. The van der Waals surface area contributed by atoms with Crippen LogP contribution in [0.2, 0.25) is 0 Å². The zero-order chi connectivity index (χ0) is 11.1. The fourth-order valence-corrected chi connectivity index (χ4v) is 3.77. The van der Waals surface area contributed by atoms with E-state index < -0.39 is 0 Å². The molecule has 0 bridgehead atoms. The second-order valence-corrected chi connectivity index (χ2v) is 5.23. The molecule has 2 nitrogen and oxygen atoms in total. The first-order valence-electron chi connectivity index (χ1n) is 5.21. The number of rotatable bonds is 6. The smallest absolute Gasteiger partial charge is 0.116 e. The van der Waals surface area contributed by atoms with E-state index in [1.807, 2.05) is 17.8 Å². The van der Waals surface area contributed by atoms with Crippen LogP contribution in [0.4, 0.5) is 0 Å². The highest BCUT2D eigenvalue weighted by atomic mass is 79.9. The molecule has 0 unspecified atom stereocenters. The highest BCUT2D eigenvalue weighted by Crippen LogP contribution is 2.34. The average molecular weight is 289 g/mol. The summed E-state index contributed by atoms with van der Waals surface area (Å²) in [5.74, 6) is 1.11. The van der Waals surface area contributed by atoms with Gasteiger partial charge in [0.15, 0.2) is 0 Å². The Morgan fingerprint density at radius 1 is 1.40 bits per heavy atom. The summed E-state index contributed by atoms with van der Waals surface area (Å²) in [6.07, 6.45) is 5.80. The Morgan fingerprint density at radius 3 is 2.60 bits per heavy atom. The van der Waals surface area contributed by atoms with E-state index in [4.69, 9.17) is 0 Å². The van der Waals surface area contributed by atoms with Crippen molar-refractivity contribution in [2.75, 3.05) is 11.1 Å². The van der Waals surface area contributed by atoms with Crippen LogP contribution in [0.25, 0.3) is 0 Å². The summed E-state index contributed by atoms with van der Waals surface area (Å²) < 4.78 is 0. The first kappa shape index (κ1) is 13.0. The quantitative estimate of drug-likeness (QED) is 0.453. The van der Waals surface area contributed by atoms with Gasteiger partial charge in [0, 0.05) is 17.3 Å². The van der Waals surface area contributed by atoms with Gasteiger partial charge in [0.1, 0.15) is 6.33 Å².